The molecular weight excluding hydrogens is 321 g/mol. The molecule has 0 bridgehead atoms. The summed E-state index contributed by atoms with van der Waals surface area (Å²) in [5.74, 6) is 0.229. The Labute approximate surface area is 130 Å². The van der Waals surface area contributed by atoms with Gasteiger partial charge in [-0.05, 0) is 24.7 Å². The molecule has 0 spiro atoms. The molecule has 0 radical (unpaired) electrons. The second kappa shape index (κ2) is 6.63. The molecule has 0 amide bonds. The first-order valence-corrected chi connectivity index (χ1v) is 7.50. The molecule has 7 heteroatoms. The van der Waals surface area contributed by atoms with Gasteiger partial charge in [0.1, 0.15) is 5.76 Å². The van der Waals surface area contributed by atoms with Gasteiger partial charge in [-0.3, -0.25) is 0 Å². The highest BCUT2D eigenvalue weighted by Crippen LogP contribution is 2.37. The van der Waals surface area contributed by atoms with Crippen molar-refractivity contribution in [2.45, 2.75) is 13.0 Å². The van der Waals surface area contributed by atoms with Crippen LogP contribution >= 0.6 is 34.5 Å². The number of nitrogens with one attached hydrogen (secondary N) is 1. The van der Waals surface area contributed by atoms with E-state index in [1.807, 2.05) is 6.92 Å². The Morgan fingerprint density at radius 3 is 2.80 bits per heavy atom. The topological polar surface area (TPSA) is 51.5 Å². The maximum absolute atomic E-state index is 11.4. The van der Waals surface area contributed by atoms with E-state index in [1.54, 1.807) is 18.2 Å². The van der Waals surface area contributed by atoms with Crippen molar-refractivity contribution in [3.05, 3.63) is 44.0 Å². The zero-order valence-corrected chi connectivity index (χ0v) is 13.2. The first-order chi connectivity index (χ1) is 9.56. The molecule has 2 aromatic heterocycles. The van der Waals surface area contributed by atoms with Gasteiger partial charge in [0, 0.05) is 5.56 Å². The van der Waals surface area contributed by atoms with Crippen LogP contribution in [0.5, 0.6) is 0 Å². The summed E-state index contributed by atoms with van der Waals surface area (Å²) in [6.07, 6.45) is 0. The Morgan fingerprint density at radius 2 is 2.25 bits per heavy atom. The van der Waals surface area contributed by atoms with Crippen LogP contribution in [0, 0.1) is 0 Å². The Morgan fingerprint density at radius 1 is 1.50 bits per heavy atom. The summed E-state index contributed by atoms with van der Waals surface area (Å²) >= 11 is 13.5. The number of carbonyl (C=O) groups excluding carboxylic acids is 1. The third-order valence-corrected chi connectivity index (χ3v) is 4.22. The van der Waals surface area contributed by atoms with E-state index in [4.69, 9.17) is 27.6 Å². The number of furan rings is 1. The minimum atomic E-state index is -0.513. The van der Waals surface area contributed by atoms with Crippen molar-refractivity contribution in [1.29, 1.82) is 0 Å². The number of esters is 1. The first kappa shape index (κ1) is 15.4. The Kier molecular flexibility index (Phi) is 5.10. The minimum absolute atomic E-state index is 0.155. The van der Waals surface area contributed by atoms with Crippen LogP contribution in [-0.2, 0) is 4.74 Å². The van der Waals surface area contributed by atoms with Crippen LogP contribution in [0.3, 0.4) is 0 Å². The number of ether oxygens (including phenoxy) is 1. The first-order valence-electron chi connectivity index (χ1n) is 5.93. The number of halogens is 2. The van der Waals surface area contributed by atoms with Gasteiger partial charge < -0.3 is 14.5 Å². The maximum Gasteiger partial charge on any atom is 0.373 e. The summed E-state index contributed by atoms with van der Waals surface area (Å²) in [5, 5.41) is 3.26. The average molecular weight is 334 g/mol. The molecule has 0 fully saturated rings. The molecule has 4 nitrogen and oxygen atoms in total. The largest absolute Gasteiger partial charge is 0.463 e. The fourth-order valence-corrected chi connectivity index (χ4v) is 3.37. The molecule has 20 heavy (non-hydrogen) atoms. The molecule has 0 saturated carbocycles. The normalized spacial score (nSPS) is 12.4. The summed E-state index contributed by atoms with van der Waals surface area (Å²) in [6, 6.07) is 4.84. The molecule has 2 rings (SSSR count). The lowest BCUT2D eigenvalue weighted by atomic mass is 10.1. The van der Waals surface area contributed by atoms with Gasteiger partial charge in [-0.2, -0.15) is 0 Å². The maximum atomic E-state index is 11.4. The summed E-state index contributed by atoms with van der Waals surface area (Å²) in [7, 11) is 1.31. The van der Waals surface area contributed by atoms with Gasteiger partial charge in [-0.1, -0.05) is 30.1 Å². The van der Waals surface area contributed by atoms with Gasteiger partial charge in [0.2, 0.25) is 5.76 Å². The van der Waals surface area contributed by atoms with Crippen LogP contribution in [0.15, 0.2) is 22.6 Å². The van der Waals surface area contributed by atoms with Crippen molar-refractivity contribution in [2.75, 3.05) is 13.7 Å². The van der Waals surface area contributed by atoms with Crippen LogP contribution in [0.2, 0.25) is 8.67 Å². The highest BCUT2D eigenvalue weighted by atomic mass is 35.5. The van der Waals surface area contributed by atoms with Crippen molar-refractivity contribution < 1.29 is 13.9 Å². The van der Waals surface area contributed by atoms with Crippen LogP contribution < -0.4 is 5.32 Å². The summed E-state index contributed by atoms with van der Waals surface area (Å²) < 4.78 is 11.4. The van der Waals surface area contributed by atoms with Crippen molar-refractivity contribution in [1.82, 2.24) is 5.32 Å². The van der Waals surface area contributed by atoms with E-state index >= 15 is 0 Å². The Balaban J connectivity index is 2.36. The molecule has 0 aliphatic carbocycles. The Hall–Kier alpha value is -1.01. The number of hydrogen-bond acceptors (Lipinski definition) is 5. The number of thiophene rings is 1. The number of carbonyl (C=O) groups is 1. The highest BCUT2D eigenvalue weighted by Gasteiger charge is 2.23. The fraction of sp³-hybridized carbons (Fsp3) is 0.308. The molecule has 0 aliphatic rings. The average Bonchev–Trinajstić information content (AvgIpc) is 3.02. The third kappa shape index (κ3) is 3.17. The second-order valence-corrected chi connectivity index (χ2v) is 6.25. The van der Waals surface area contributed by atoms with E-state index in [-0.39, 0.29) is 11.8 Å². The van der Waals surface area contributed by atoms with Crippen molar-refractivity contribution in [3.63, 3.8) is 0 Å². The van der Waals surface area contributed by atoms with Crippen LogP contribution in [-0.4, -0.2) is 19.6 Å². The van der Waals surface area contributed by atoms with E-state index in [2.05, 4.69) is 10.1 Å². The molecule has 1 atom stereocenters. The number of rotatable bonds is 5. The molecule has 2 heterocycles. The molecule has 1 unspecified atom stereocenters. The second-order valence-electron chi connectivity index (χ2n) is 3.96. The molecule has 108 valence electrons. The van der Waals surface area contributed by atoms with Crippen LogP contribution in [0.4, 0.5) is 0 Å². The quantitative estimate of drug-likeness (QED) is 0.835. The molecular formula is C13H13Cl2NO3S. The highest BCUT2D eigenvalue weighted by molar-refractivity contribution is 7.20. The van der Waals surface area contributed by atoms with Crippen molar-refractivity contribution in [2.24, 2.45) is 0 Å². The Bertz CT molecular complexity index is 609. The van der Waals surface area contributed by atoms with Crippen molar-refractivity contribution in [3.8, 4) is 0 Å². The molecule has 2 aromatic rings. The van der Waals surface area contributed by atoms with Gasteiger partial charge in [-0.15, -0.1) is 11.3 Å². The summed E-state index contributed by atoms with van der Waals surface area (Å²) in [4.78, 5) is 11.4. The number of methoxy groups -OCH3 is 1. The van der Waals surface area contributed by atoms with E-state index in [9.17, 15) is 4.79 Å². The zero-order chi connectivity index (χ0) is 14.7. The van der Waals surface area contributed by atoms with E-state index in [0.29, 0.717) is 21.0 Å². The van der Waals surface area contributed by atoms with Gasteiger partial charge in [0.15, 0.2) is 0 Å². The predicted octanol–water partition coefficient (Wildman–Crippen LogP) is 4.13. The van der Waals surface area contributed by atoms with E-state index < -0.39 is 5.97 Å². The number of hydrogen-bond donors (Lipinski definition) is 1. The van der Waals surface area contributed by atoms with Gasteiger partial charge >= 0.3 is 5.97 Å². The SMILES string of the molecule is CCNC(c1ccc(C(=O)OC)o1)c1cc(Cl)sc1Cl. The lowest BCUT2D eigenvalue weighted by Crippen LogP contribution is -2.21. The minimum Gasteiger partial charge on any atom is -0.463 e. The molecule has 0 aliphatic heterocycles. The summed E-state index contributed by atoms with van der Waals surface area (Å²) in [6.45, 7) is 2.68. The zero-order valence-electron chi connectivity index (χ0n) is 10.9. The summed E-state index contributed by atoms with van der Waals surface area (Å²) in [5.41, 5.74) is 0.828. The van der Waals surface area contributed by atoms with Crippen LogP contribution in [0.25, 0.3) is 0 Å². The van der Waals surface area contributed by atoms with Gasteiger partial charge in [-0.25, -0.2) is 4.79 Å². The van der Waals surface area contributed by atoms with Crippen molar-refractivity contribution >= 4 is 40.5 Å². The monoisotopic (exact) mass is 333 g/mol. The molecule has 0 aromatic carbocycles. The van der Waals surface area contributed by atoms with Gasteiger partial charge in [0.05, 0.1) is 21.8 Å². The van der Waals surface area contributed by atoms with Crippen LogP contribution in [0.1, 0.15) is 34.8 Å². The van der Waals surface area contributed by atoms with E-state index in [1.165, 1.54) is 18.4 Å². The van der Waals surface area contributed by atoms with E-state index in [0.717, 1.165) is 5.56 Å². The lowest BCUT2D eigenvalue weighted by Gasteiger charge is -2.14. The third-order valence-electron chi connectivity index (χ3n) is 2.70. The molecule has 0 saturated heterocycles. The standard InChI is InChI=1S/C13H13Cl2NO3S/c1-3-16-11(7-6-10(14)20-12(7)15)8-4-5-9(19-8)13(17)18-2/h4-6,11,16H,3H2,1-2H3. The molecule has 1 N–H and O–H groups in total. The smallest absolute Gasteiger partial charge is 0.373 e. The fourth-order valence-electron chi connectivity index (χ4n) is 1.84. The lowest BCUT2D eigenvalue weighted by molar-refractivity contribution is 0.0562. The predicted molar refractivity (Wildman–Crippen MR) is 79.9 cm³/mol. The van der Waals surface area contributed by atoms with Gasteiger partial charge in [0.25, 0.3) is 0 Å².